The van der Waals surface area contributed by atoms with E-state index in [4.69, 9.17) is 10.3 Å². The van der Waals surface area contributed by atoms with Crippen LogP contribution in [0.3, 0.4) is 0 Å². The van der Waals surface area contributed by atoms with E-state index < -0.39 is 0 Å². The van der Waals surface area contributed by atoms with E-state index in [-0.39, 0.29) is 24.2 Å². The van der Waals surface area contributed by atoms with Crippen molar-refractivity contribution in [3.63, 3.8) is 0 Å². The first-order chi connectivity index (χ1) is 15.2. The number of carbonyl (C=O) groups is 1. The van der Waals surface area contributed by atoms with Gasteiger partial charge in [0.15, 0.2) is 0 Å². The molecule has 4 rings (SSSR count). The molecule has 4 aromatic rings. The van der Waals surface area contributed by atoms with Crippen LogP contribution in [0.1, 0.15) is 17.5 Å². The summed E-state index contributed by atoms with van der Waals surface area (Å²) in [6, 6.07) is 18.0. The minimum atomic E-state index is -0.380. The molecule has 2 heterocycles. The number of rotatable bonds is 7. The number of benzene rings is 2. The van der Waals surface area contributed by atoms with Gasteiger partial charge in [0, 0.05) is 36.5 Å². The minimum absolute atomic E-state index is 0.0607. The van der Waals surface area contributed by atoms with Gasteiger partial charge in [0.2, 0.25) is 11.8 Å². The zero-order chi connectivity index (χ0) is 21.6. The molecule has 0 bridgehead atoms. The fourth-order valence-corrected chi connectivity index (χ4v) is 3.33. The highest BCUT2D eigenvalue weighted by Crippen LogP contribution is 2.38. The normalized spacial score (nSPS) is 10.8. The molecule has 0 aliphatic heterocycles. The maximum atomic E-state index is 13.9. The number of nitrogens with zero attached hydrogens (tertiary/aromatic N) is 2. The lowest BCUT2D eigenvalue weighted by Crippen LogP contribution is -2.12. The Hall–Kier alpha value is -3.84. The number of amides is 1. The zero-order valence-electron chi connectivity index (χ0n) is 16.7. The van der Waals surface area contributed by atoms with Gasteiger partial charge in [-0.05, 0) is 47.9 Å². The van der Waals surface area contributed by atoms with E-state index >= 15 is 0 Å². The lowest BCUT2D eigenvalue weighted by molar-refractivity contribution is -0.116. The van der Waals surface area contributed by atoms with Gasteiger partial charge in [0.25, 0.3) is 0 Å². The monoisotopic (exact) mass is 416 g/mol. The molecule has 0 atom stereocenters. The summed E-state index contributed by atoms with van der Waals surface area (Å²) in [6.45, 7) is 0.0607. The molecule has 0 aliphatic carbocycles. The van der Waals surface area contributed by atoms with Crippen molar-refractivity contribution < 1.29 is 13.7 Å². The predicted molar refractivity (Wildman–Crippen MR) is 116 cm³/mol. The first kappa shape index (κ1) is 20.4. The van der Waals surface area contributed by atoms with E-state index in [1.807, 2.05) is 30.3 Å². The standard InChI is InChI=1S/C24H21FN4O2/c25-20-8-7-18(14-19(20)15-26)23-22(17-10-12-27-13-11-17)24(31-29-23)28-21(30)9-6-16-4-2-1-3-5-16/h1-5,7-8,10-14H,6,9,15,26H2,(H,28,30). The Balaban J connectivity index is 1.65. The molecule has 0 radical (unpaired) electrons. The van der Waals surface area contributed by atoms with E-state index in [1.54, 1.807) is 36.7 Å². The summed E-state index contributed by atoms with van der Waals surface area (Å²) < 4.78 is 19.4. The molecule has 156 valence electrons. The molecule has 0 fully saturated rings. The quantitative estimate of drug-likeness (QED) is 0.460. The first-order valence-corrected chi connectivity index (χ1v) is 9.88. The maximum absolute atomic E-state index is 13.9. The van der Waals surface area contributed by atoms with Gasteiger partial charge in [0.1, 0.15) is 11.5 Å². The summed E-state index contributed by atoms with van der Waals surface area (Å²) in [5.41, 5.74) is 9.59. The highest BCUT2D eigenvalue weighted by Gasteiger charge is 2.21. The number of nitrogens with two attached hydrogens (primary N) is 1. The average Bonchev–Trinajstić information content (AvgIpc) is 3.22. The van der Waals surface area contributed by atoms with Crippen molar-refractivity contribution >= 4 is 11.8 Å². The van der Waals surface area contributed by atoms with Crippen molar-refractivity contribution in [3.8, 4) is 22.4 Å². The van der Waals surface area contributed by atoms with Crippen LogP contribution in [0.4, 0.5) is 10.3 Å². The largest absolute Gasteiger partial charge is 0.337 e. The number of carbonyl (C=O) groups excluding carboxylic acids is 1. The number of halogens is 1. The van der Waals surface area contributed by atoms with E-state index in [0.717, 1.165) is 11.1 Å². The molecule has 7 heteroatoms. The summed E-state index contributed by atoms with van der Waals surface area (Å²) in [6.07, 6.45) is 4.19. The third kappa shape index (κ3) is 4.67. The molecule has 0 spiro atoms. The lowest BCUT2D eigenvalue weighted by atomic mass is 10.00. The molecular formula is C24H21FN4O2. The van der Waals surface area contributed by atoms with Gasteiger partial charge in [-0.1, -0.05) is 35.5 Å². The van der Waals surface area contributed by atoms with Crippen LogP contribution in [0.25, 0.3) is 22.4 Å². The van der Waals surface area contributed by atoms with Crippen LogP contribution in [0.2, 0.25) is 0 Å². The van der Waals surface area contributed by atoms with E-state index in [2.05, 4.69) is 15.5 Å². The fourth-order valence-electron chi connectivity index (χ4n) is 3.33. The van der Waals surface area contributed by atoms with Crippen LogP contribution in [0.5, 0.6) is 0 Å². The summed E-state index contributed by atoms with van der Waals surface area (Å²) >= 11 is 0. The Morgan fingerprint density at radius 1 is 1.03 bits per heavy atom. The number of pyridine rings is 1. The van der Waals surface area contributed by atoms with Crippen molar-refractivity contribution in [2.75, 3.05) is 5.32 Å². The second-order valence-corrected chi connectivity index (χ2v) is 7.02. The Kier molecular flexibility index (Phi) is 6.14. The third-order valence-electron chi connectivity index (χ3n) is 4.94. The first-order valence-electron chi connectivity index (χ1n) is 9.88. The van der Waals surface area contributed by atoms with Gasteiger partial charge in [-0.3, -0.25) is 15.1 Å². The Bertz CT molecular complexity index is 1180. The molecule has 0 aliphatic rings. The average molecular weight is 416 g/mol. The SMILES string of the molecule is NCc1cc(-c2noc(NC(=O)CCc3ccccc3)c2-c2ccncc2)ccc1F. The molecular weight excluding hydrogens is 395 g/mol. The zero-order valence-corrected chi connectivity index (χ0v) is 16.7. The van der Waals surface area contributed by atoms with Crippen LogP contribution < -0.4 is 11.1 Å². The van der Waals surface area contributed by atoms with E-state index in [9.17, 15) is 9.18 Å². The predicted octanol–water partition coefficient (Wildman–Crippen LogP) is 4.57. The van der Waals surface area contributed by atoms with Gasteiger partial charge < -0.3 is 10.3 Å². The summed E-state index contributed by atoms with van der Waals surface area (Å²) in [4.78, 5) is 16.6. The lowest BCUT2D eigenvalue weighted by Gasteiger charge is -2.07. The highest BCUT2D eigenvalue weighted by atomic mass is 19.1. The Labute approximate surface area is 178 Å². The highest BCUT2D eigenvalue weighted by molar-refractivity contribution is 5.97. The van der Waals surface area contributed by atoms with Crippen LogP contribution >= 0.6 is 0 Å². The molecule has 0 saturated carbocycles. The van der Waals surface area contributed by atoms with E-state index in [0.29, 0.717) is 35.2 Å². The minimum Gasteiger partial charge on any atom is -0.337 e. The van der Waals surface area contributed by atoms with Gasteiger partial charge in [-0.15, -0.1) is 0 Å². The summed E-state index contributed by atoms with van der Waals surface area (Å²) in [5, 5.41) is 6.99. The molecule has 1 amide bonds. The van der Waals surface area contributed by atoms with Crippen molar-refractivity contribution in [1.82, 2.24) is 10.1 Å². The Morgan fingerprint density at radius 3 is 2.55 bits per heavy atom. The van der Waals surface area contributed by atoms with Gasteiger partial charge in [-0.25, -0.2) is 4.39 Å². The molecule has 2 aromatic carbocycles. The van der Waals surface area contributed by atoms with Gasteiger partial charge in [0.05, 0.1) is 5.56 Å². The Morgan fingerprint density at radius 2 is 1.81 bits per heavy atom. The second-order valence-electron chi connectivity index (χ2n) is 7.02. The van der Waals surface area contributed by atoms with Crippen molar-refractivity contribution in [2.45, 2.75) is 19.4 Å². The molecule has 0 unspecified atom stereocenters. The summed E-state index contributed by atoms with van der Waals surface area (Å²) in [5.74, 6) is -0.337. The van der Waals surface area contributed by atoms with Crippen molar-refractivity contribution in [1.29, 1.82) is 0 Å². The van der Waals surface area contributed by atoms with Crippen molar-refractivity contribution in [3.05, 3.63) is 90.0 Å². The van der Waals surface area contributed by atoms with Crippen molar-refractivity contribution in [2.24, 2.45) is 5.73 Å². The van der Waals surface area contributed by atoms with Crippen LogP contribution in [0.15, 0.2) is 77.6 Å². The number of aromatic nitrogens is 2. The van der Waals surface area contributed by atoms with E-state index in [1.165, 1.54) is 6.07 Å². The maximum Gasteiger partial charge on any atom is 0.239 e. The smallest absolute Gasteiger partial charge is 0.239 e. The third-order valence-corrected chi connectivity index (χ3v) is 4.94. The molecule has 31 heavy (non-hydrogen) atoms. The van der Waals surface area contributed by atoms with Gasteiger partial charge in [-0.2, -0.15) is 0 Å². The van der Waals surface area contributed by atoms with Crippen LogP contribution in [-0.2, 0) is 17.8 Å². The number of hydrogen-bond donors (Lipinski definition) is 2. The molecule has 6 nitrogen and oxygen atoms in total. The molecule has 2 aromatic heterocycles. The number of anilines is 1. The van der Waals surface area contributed by atoms with Crippen LogP contribution in [-0.4, -0.2) is 16.0 Å². The van der Waals surface area contributed by atoms with Crippen LogP contribution in [0, 0.1) is 5.82 Å². The fraction of sp³-hybridized carbons (Fsp3) is 0.125. The molecule has 3 N–H and O–H groups in total. The summed E-state index contributed by atoms with van der Waals surface area (Å²) in [7, 11) is 0. The van der Waals surface area contributed by atoms with Gasteiger partial charge >= 0.3 is 0 Å². The second kappa shape index (κ2) is 9.32. The topological polar surface area (TPSA) is 94.0 Å². The number of nitrogens with one attached hydrogen (secondary N) is 1. The number of aryl methyl sites for hydroxylation is 1. The molecule has 0 saturated heterocycles. The number of hydrogen-bond acceptors (Lipinski definition) is 5.